The van der Waals surface area contributed by atoms with E-state index in [9.17, 15) is 0 Å². The summed E-state index contributed by atoms with van der Waals surface area (Å²) in [6.07, 6.45) is 5.37. The molecule has 0 radical (unpaired) electrons. The van der Waals surface area contributed by atoms with Crippen LogP contribution in [0.5, 0.6) is 0 Å². The molecule has 1 atom stereocenters. The van der Waals surface area contributed by atoms with E-state index in [1.807, 2.05) is 12.3 Å². The van der Waals surface area contributed by atoms with Crippen LogP contribution in [0.15, 0.2) is 42.7 Å². The fourth-order valence-corrected chi connectivity index (χ4v) is 2.38. The summed E-state index contributed by atoms with van der Waals surface area (Å²) in [5.41, 5.74) is 2.44. The number of nitrogens with zero attached hydrogens (tertiary/aromatic N) is 2. The van der Waals surface area contributed by atoms with E-state index in [4.69, 9.17) is 0 Å². The molecule has 1 aliphatic heterocycles. The zero-order valence-corrected chi connectivity index (χ0v) is 9.84. The van der Waals surface area contributed by atoms with Gasteiger partial charge in [-0.05, 0) is 31.0 Å². The zero-order valence-electron chi connectivity index (χ0n) is 9.84. The van der Waals surface area contributed by atoms with Crippen molar-refractivity contribution < 1.29 is 0 Å². The first-order valence-electron chi connectivity index (χ1n) is 6.20. The highest BCUT2D eigenvalue weighted by atomic mass is 15.3. The van der Waals surface area contributed by atoms with Crippen molar-refractivity contribution in [2.75, 3.05) is 13.1 Å². The number of hydrogen-bond donors (Lipinski definition) is 1. The smallest absolute Gasteiger partial charge is 0.0568 e. The molecule has 17 heavy (non-hydrogen) atoms. The molecule has 1 aliphatic rings. The highest BCUT2D eigenvalue weighted by molar-refractivity contribution is 5.61. The van der Waals surface area contributed by atoms with Crippen molar-refractivity contribution in [2.45, 2.75) is 13.0 Å². The van der Waals surface area contributed by atoms with Crippen LogP contribution >= 0.6 is 0 Å². The number of hydrogen-bond acceptors (Lipinski definition) is 2. The Morgan fingerprint density at radius 1 is 1.24 bits per heavy atom. The average Bonchev–Trinajstić information content (AvgIpc) is 3.02. The molecule has 1 saturated heterocycles. The lowest BCUT2D eigenvalue weighted by Crippen LogP contribution is -2.14. The Morgan fingerprint density at radius 2 is 2.12 bits per heavy atom. The Hall–Kier alpha value is -1.61. The van der Waals surface area contributed by atoms with E-state index in [-0.39, 0.29) is 0 Å². The molecule has 1 aromatic heterocycles. The SMILES string of the molecule is c1ccc(-c2cnn(CC3CCNC3)c2)cc1. The molecule has 2 heterocycles. The molecule has 1 aromatic carbocycles. The quantitative estimate of drug-likeness (QED) is 0.870. The number of aromatic nitrogens is 2. The largest absolute Gasteiger partial charge is 0.316 e. The third kappa shape index (κ3) is 2.39. The maximum Gasteiger partial charge on any atom is 0.0568 e. The third-order valence-electron chi connectivity index (χ3n) is 3.35. The summed E-state index contributed by atoms with van der Waals surface area (Å²) < 4.78 is 2.07. The molecular formula is C14H17N3. The van der Waals surface area contributed by atoms with Gasteiger partial charge in [0.05, 0.1) is 6.20 Å². The molecule has 1 unspecified atom stereocenters. The number of nitrogens with one attached hydrogen (secondary N) is 1. The van der Waals surface area contributed by atoms with Gasteiger partial charge in [0.1, 0.15) is 0 Å². The van der Waals surface area contributed by atoms with Crippen molar-refractivity contribution in [3.05, 3.63) is 42.7 Å². The second-order valence-electron chi connectivity index (χ2n) is 4.68. The van der Waals surface area contributed by atoms with Gasteiger partial charge in [-0.1, -0.05) is 30.3 Å². The van der Waals surface area contributed by atoms with Crippen LogP contribution < -0.4 is 5.32 Å². The zero-order chi connectivity index (χ0) is 11.5. The van der Waals surface area contributed by atoms with Crippen molar-refractivity contribution in [1.29, 1.82) is 0 Å². The second kappa shape index (κ2) is 4.72. The van der Waals surface area contributed by atoms with Crippen LogP contribution in [-0.4, -0.2) is 22.9 Å². The van der Waals surface area contributed by atoms with Crippen molar-refractivity contribution in [1.82, 2.24) is 15.1 Å². The maximum atomic E-state index is 4.44. The van der Waals surface area contributed by atoms with Gasteiger partial charge >= 0.3 is 0 Å². The Morgan fingerprint density at radius 3 is 2.88 bits per heavy atom. The van der Waals surface area contributed by atoms with Gasteiger partial charge in [0.15, 0.2) is 0 Å². The lowest BCUT2D eigenvalue weighted by molar-refractivity contribution is 0.449. The molecule has 0 bridgehead atoms. The van der Waals surface area contributed by atoms with Gasteiger partial charge in [-0.15, -0.1) is 0 Å². The molecule has 1 N–H and O–H groups in total. The number of rotatable bonds is 3. The molecule has 3 nitrogen and oxygen atoms in total. The van der Waals surface area contributed by atoms with Gasteiger partial charge in [-0.2, -0.15) is 5.10 Å². The minimum atomic E-state index is 0.735. The van der Waals surface area contributed by atoms with Gasteiger partial charge < -0.3 is 5.32 Å². The first-order valence-corrected chi connectivity index (χ1v) is 6.20. The molecule has 1 fully saturated rings. The van der Waals surface area contributed by atoms with Crippen LogP contribution in [0.25, 0.3) is 11.1 Å². The fourth-order valence-electron chi connectivity index (χ4n) is 2.38. The summed E-state index contributed by atoms with van der Waals surface area (Å²) in [7, 11) is 0. The number of benzene rings is 1. The van der Waals surface area contributed by atoms with E-state index in [2.05, 4.69) is 45.6 Å². The van der Waals surface area contributed by atoms with Crippen molar-refractivity contribution >= 4 is 0 Å². The van der Waals surface area contributed by atoms with E-state index in [1.54, 1.807) is 0 Å². The predicted octanol–water partition coefficient (Wildman–Crippen LogP) is 2.16. The summed E-state index contributed by atoms with van der Waals surface area (Å²) in [6.45, 7) is 3.30. The monoisotopic (exact) mass is 227 g/mol. The second-order valence-corrected chi connectivity index (χ2v) is 4.68. The first kappa shape index (κ1) is 10.5. The van der Waals surface area contributed by atoms with Gasteiger partial charge in [0, 0.05) is 18.3 Å². The van der Waals surface area contributed by atoms with Crippen LogP contribution in [-0.2, 0) is 6.54 Å². The Kier molecular flexibility index (Phi) is 2.92. The van der Waals surface area contributed by atoms with E-state index >= 15 is 0 Å². The minimum Gasteiger partial charge on any atom is -0.316 e. The van der Waals surface area contributed by atoms with Crippen LogP contribution in [0.2, 0.25) is 0 Å². The highest BCUT2D eigenvalue weighted by Crippen LogP contribution is 2.18. The Bertz CT molecular complexity index is 469. The van der Waals surface area contributed by atoms with Crippen molar-refractivity contribution in [3.8, 4) is 11.1 Å². The summed E-state index contributed by atoms with van der Waals surface area (Å²) in [5.74, 6) is 0.735. The molecule has 0 spiro atoms. The van der Waals surface area contributed by atoms with E-state index in [1.165, 1.54) is 17.5 Å². The summed E-state index contributed by atoms with van der Waals surface area (Å²) in [5, 5.41) is 7.83. The summed E-state index contributed by atoms with van der Waals surface area (Å²) in [4.78, 5) is 0. The molecule has 0 amide bonds. The van der Waals surface area contributed by atoms with Crippen molar-refractivity contribution in [2.24, 2.45) is 5.92 Å². The predicted molar refractivity (Wildman–Crippen MR) is 68.6 cm³/mol. The highest BCUT2D eigenvalue weighted by Gasteiger charge is 2.15. The fraction of sp³-hybridized carbons (Fsp3) is 0.357. The molecule has 0 saturated carbocycles. The molecular weight excluding hydrogens is 210 g/mol. The van der Waals surface area contributed by atoms with Crippen molar-refractivity contribution in [3.63, 3.8) is 0 Å². The molecule has 3 heteroatoms. The van der Waals surface area contributed by atoms with Crippen LogP contribution in [0.1, 0.15) is 6.42 Å². The Labute approximate surface area is 101 Å². The van der Waals surface area contributed by atoms with Gasteiger partial charge in [0.2, 0.25) is 0 Å². The standard InChI is InChI=1S/C14H17N3/c1-2-4-13(5-3-1)14-9-16-17(11-14)10-12-6-7-15-8-12/h1-5,9,11-12,15H,6-8,10H2. The topological polar surface area (TPSA) is 29.9 Å². The third-order valence-corrected chi connectivity index (χ3v) is 3.35. The lowest BCUT2D eigenvalue weighted by atomic mass is 10.1. The van der Waals surface area contributed by atoms with E-state index in [0.717, 1.165) is 25.6 Å². The minimum absolute atomic E-state index is 0.735. The van der Waals surface area contributed by atoms with Crippen LogP contribution in [0.3, 0.4) is 0 Å². The van der Waals surface area contributed by atoms with Crippen LogP contribution in [0.4, 0.5) is 0 Å². The van der Waals surface area contributed by atoms with Crippen LogP contribution in [0, 0.1) is 5.92 Å². The lowest BCUT2D eigenvalue weighted by Gasteiger charge is -2.07. The summed E-state index contributed by atoms with van der Waals surface area (Å²) >= 11 is 0. The van der Waals surface area contributed by atoms with E-state index < -0.39 is 0 Å². The van der Waals surface area contributed by atoms with Gasteiger partial charge in [-0.3, -0.25) is 4.68 Å². The average molecular weight is 227 g/mol. The molecule has 3 rings (SSSR count). The van der Waals surface area contributed by atoms with Gasteiger partial charge in [0.25, 0.3) is 0 Å². The molecule has 0 aliphatic carbocycles. The van der Waals surface area contributed by atoms with E-state index in [0.29, 0.717) is 0 Å². The maximum absolute atomic E-state index is 4.44. The molecule has 88 valence electrons. The first-order chi connectivity index (χ1) is 8.42. The van der Waals surface area contributed by atoms with Gasteiger partial charge in [-0.25, -0.2) is 0 Å². The normalized spacial score (nSPS) is 19.6. The summed E-state index contributed by atoms with van der Waals surface area (Å²) in [6, 6.07) is 10.4. The Balaban J connectivity index is 1.74. The molecule has 2 aromatic rings.